The maximum absolute atomic E-state index is 10.9. The Morgan fingerprint density at radius 2 is 2.00 bits per heavy atom. The van der Waals surface area contributed by atoms with Gasteiger partial charge in [0, 0.05) is 11.1 Å². The van der Waals surface area contributed by atoms with E-state index in [1.54, 1.807) is 24.3 Å². The predicted octanol–water partition coefficient (Wildman–Crippen LogP) is -2.36. The van der Waals surface area contributed by atoms with E-state index in [-0.39, 0.29) is 18.2 Å². The highest BCUT2D eigenvalue weighted by molar-refractivity contribution is 5.93. The van der Waals surface area contributed by atoms with Crippen molar-refractivity contribution in [3.05, 3.63) is 35.4 Å². The fourth-order valence-corrected chi connectivity index (χ4v) is 0.823. The SMILES string of the molecule is [2H]C([2H])([NH3+])c1ccc(C(C)=O)cc1.[Cl-]. The number of benzene rings is 1. The van der Waals surface area contributed by atoms with E-state index in [2.05, 4.69) is 5.73 Å². The summed E-state index contributed by atoms with van der Waals surface area (Å²) >= 11 is 0. The number of hydrogen-bond acceptors (Lipinski definition) is 1. The summed E-state index contributed by atoms with van der Waals surface area (Å²) in [6.45, 7) is -0.108. The summed E-state index contributed by atoms with van der Waals surface area (Å²) in [5.74, 6) is -0.0174. The van der Waals surface area contributed by atoms with Crippen LogP contribution in [-0.4, -0.2) is 5.78 Å². The number of carbonyl (C=O) groups excluding carboxylic acids is 1. The van der Waals surface area contributed by atoms with Crippen molar-refractivity contribution in [3.63, 3.8) is 0 Å². The van der Waals surface area contributed by atoms with Crippen LogP contribution in [0.5, 0.6) is 0 Å². The van der Waals surface area contributed by atoms with Gasteiger partial charge < -0.3 is 18.1 Å². The molecule has 3 N–H and O–H groups in total. The molecule has 3 heteroatoms. The zero-order valence-corrected chi connectivity index (χ0v) is 7.56. The summed E-state index contributed by atoms with van der Waals surface area (Å²) in [4.78, 5) is 10.9. The van der Waals surface area contributed by atoms with Gasteiger partial charge in [-0.25, -0.2) is 0 Å². The summed E-state index contributed by atoms with van der Waals surface area (Å²) in [5, 5.41) is 0. The molecule has 1 rings (SSSR count). The lowest BCUT2D eigenvalue weighted by Gasteiger charge is -1.95. The zero-order valence-electron chi connectivity index (χ0n) is 8.80. The van der Waals surface area contributed by atoms with E-state index in [9.17, 15) is 4.79 Å². The van der Waals surface area contributed by atoms with Gasteiger partial charge in [0.1, 0.15) is 0 Å². The molecule has 0 unspecified atom stereocenters. The van der Waals surface area contributed by atoms with Crippen LogP contribution in [0.15, 0.2) is 24.3 Å². The third-order valence-electron chi connectivity index (χ3n) is 1.50. The minimum Gasteiger partial charge on any atom is -1.00 e. The minimum absolute atomic E-state index is 0. The standard InChI is InChI=1S/C9H11NO.ClH/c1-7(11)9-4-2-8(6-10)3-5-9;/h2-5H,6,10H2,1H3;1H/i6D2;. The second kappa shape index (κ2) is 4.91. The molecule has 1 aromatic rings. The van der Waals surface area contributed by atoms with Gasteiger partial charge in [-0.2, -0.15) is 0 Å². The van der Waals surface area contributed by atoms with Crippen LogP contribution >= 0.6 is 0 Å². The van der Waals surface area contributed by atoms with E-state index in [4.69, 9.17) is 2.74 Å². The lowest BCUT2D eigenvalue weighted by Crippen LogP contribution is -3.00. The molecule has 1 aromatic carbocycles. The number of hydrogen-bond donors (Lipinski definition) is 1. The molecule has 66 valence electrons. The average molecular weight is 188 g/mol. The van der Waals surface area contributed by atoms with Crippen molar-refractivity contribution in [1.29, 1.82) is 0 Å². The Kier molecular flexibility index (Phi) is 3.18. The monoisotopic (exact) mass is 187 g/mol. The number of rotatable bonds is 2. The first kappa shape index (κ1) is 7.77. The van der Waals surface area contributed by atoms with E-state index >= 15 is 0 Å². The molecule has 0 saturated carbocycles. The first-order valence-corrected chi connectivity index (χ1v) is 3.38. The molecule has 12 heavy (non-hydrogen) atoms. The van der Waals surface area contributed by atoms with Crippen molar-refractivity contribution in [3.8, 4) is 0 Å². The lowest BCUT2D eigenvalue weighted by molar-refractivity contribution is -0.386. The average Bonchev–Trinajstić information content (AvgIpc) is 2.03. The van der Waals surface area contributed by atoms with Crippen molar-refractivity contribution in [2.24, 2.45) is 0 Å². The molecule has 0 aliphatic carbocycles. The normalized spacial score (nSPS) is 12.5. The highest BCUT2D eigenvalue weighted by Gasteiger charge is 1.97. The van der Waals surface area contributed by atoms with E-state index in [0.29, 0.717) is 11.1 Å². The molecule has 0 fully saturated rings. The Morgan fingerprint density at radius 3 is 2.33 bits per heavy atom. The summed E-state index contributed by atoms with van der Waals surface area (Å²) in [6.07, 6.45) is 0. The third-order valence-corrected chi connectivity index (χ3v) is 1.50. The molecule has 2 nitrogen and oxygen atoms in total. The molecule has 0 heterocycles. The summed E-state index contributed by atoms with van der Waals surface area (Å²) in [7, 11) is 0. The second-order valence-corrected chi connectivity index (χ2v) is 2.31. The fraction of sp³-hybridized carbons (Fsp3) is 0.222. The van der Waals surface area contributed by atoms with E-state index in [1.807, 2.05) is 0 Å². The maximum atomic E-state index is 10.9. The fourth-order valence-electron chi connectivity index (χ4n) is 0.823. The summed E-state index contributed by atoms with van der Waals surface area (Å²) in [5.41, 5.74) is 4.44. The molecular formula is C9H12ClNO. The van der Waals surface area contributed by atoms with Gasteiger partial charge in [-0.05, 0) is 6.92 Å². The van der Waals surface area contributed by atoms with Crippen LogP contribution in [0.2, 0.25) is 0 Å². The Morgan fingerprint density at radius 1 is 1.50 bits per heavy atom. The molecular weight excluding hydrogens is 174 g/mol. The van der Waals surface area contributed by atoms with Gasteiger partial charge in [0.05, 0.1) is 9.24 Å². The van der Waals surface area contributed by atoms with Gasteiger partial charge >= 0.3 is 0 Å². The highest BCUT2D eigenvalue weighted by atomic mass is 35.5. The lowest BCUT2D eigenvalue weighted by atomic mass is 10.1. The topological polar surface area (TPSA) is 44.7 Å². The Bertz CT molecular complexity index is 319. The Balaban J connectivity index is 0.00000169. The highest BCUT2D eigenvalue weighted by Crippen LogP contribution is 2.03. The second-order valence-electron chi connectivity index (χ2n) is 2.31. The van der Waals surface area contributed by atoms with Crippen molar-refractivity contribution < 1.29 is 25.7 Å². The van der Waals surface area contributed by atoms with E-state index in [1.165, 1.54) is 6.92 Å². The van der Waals surface area contributed by atoms with Crippen LogP contribution in [0.3, 0.4) is 0 Å². The Hall–Kier alpha value is -0.860. The summed E-state index contributed by atoms with van der Waals surface area (Å²) in [6, 6.07) is 6.40. The molecule has 0 aliphatic rings. The van der Waals surface area contributed by atoms with Crippen LogP contribution in [-0.2, 0) is 6.50 Å². The molecule has 0 aromatic heterocycles. The number of quaternary nitrogens is 1. The van der Waals surface area contributed by atoms with Gasteiger partial charge in [-0.1, -0.05) is 24.3 Å². The molecule has 0 radical (unpaired) electrons. The number of Topliss-reactive ketones (excluding diaryl/α,β-unsaturated/α-hetero) is 1. The zero-order chi connectivity index (χ0) is 10.1. The van der Waals surface area contributed by atoms with Crippen LogP contribution < -0.4 is 18.1 Å². The summed E-state index contributed by atoms with van der Waals surface area (Å²) < 4.78 is 14.6. The molecule has 0 aliphatic heterocycles. The first-order chi connectivity index (χ1) is 5.91. The van der Waals surface area contributed by atoms with Gasteiger partial charge in [0.25, 0.3) is 0 Å². The van der Waals surface area contributed by atoms with Gasteiger partial charge in [-0.15, -0.1) is 0 Å². The quantitative estimate of drug-likeness (QED) is 0.518. The van der Waals surface area contributed by atoms with E-state index in [0.717, 1.165) is 0 Å². The molecule has 0 saturated heterocycles. The molecule has 0 atom stereocenters. The molecule has 0 amide bonds. The van der Waals surface area contributed by atoms with Gasteiger partial charge in [-0.3, -0.25) is 4.79 Å². The largest absolute Gasteiger partial charge is 1.00 e. The number of ketones is 1. The minimum atomic E-state index is -1.59. The van der Waals surface area contributed by atoms with Crippen molar-refractivity contribution in [1.82, 2.24) is 0 Å². The van der Waals surface area contributed by atoms with Crippen molar-refractivity contribution in [2.45, 2.75) is 13.4 Å². The first-order valence-electron chi connectivity index (χ1n) is 4.38. The van der Waals surface area contributed by atoms with E-state index < -0.39 is 6.50 Å². The predicted molar refractivity (Wildman–Crippen MR) is 43.0 cm³/mol. The van der Waals surface area contributed by atoms with Crippen LogP contribution in [0, 0.1) is 0 Å². The molecule has 0 bridgehead atoms. The van der Waals surface area contributed by atoms with Crippen molar-refractivity contribution in [2.75, 3.05) is 0 Å². The van der Waals surface area contributed by atoms with Crippen LogP contribution in [0.25, 0.3) is 0 Å². The molecule has 0 spiro atoms. The van der Waals surface area contributed by atoms with Gasteiger partial charge in [0.2, 0.25) is 0 Å². The maximum Gasteiger partial charge on any atom is 0.159 e. The van der Waals surface area contributed by atoms with Crippen molar-refractivity contribution >= 4 is 5.78 Å². The smallest absolute Gasteiger partial charge is 0.159 e. The van der Waals surface area contributed by atoms with Crippen LogP contribution in [0.1, 0.15) is 25.6 Å². The Labute approximate surface area is 81.0 Å². The van der Waals surface area contributed by atoms with Gasteiger partial charge in [0.15, 0.2) is 5.78 Å². The number of halogens is 1. The third kappa shape index (κ3) is 2.64. The van der Waals surface area contributed by atoms with Crippen LogP contribution in [0.4, 0.5) is 0 Å². The number of carbonyl (C=O) groups is 1.